The van der Waals surface area contributed by atoms with Crippen LogP contribution in [0.25, 0.3) is 0 Å². The minimum atomic E-state index is -0.410. The molecule has 1 fully saturated rings. The lowest BCUT2D eigenvalue weighted by atomic mass is 9.95. The van der Waals surface area contributed by atoms with E-state index < -0.39 is 5.92 Å². The Balaban J connectivity index is 1.85. The Morgan fingerprint density at radius 3 is 2.86 bits per heavy atom. The highest BCUT2D eigenvalue weighted by atomic mass is 32.1. The van der Waals surface area contributed by atoms with Gasteiger partial charge >= 0.3 is 0 Å². The van der Waals surface area contributed by atoms with Crippen LogP contribution in [0.4, 0.5) is 0 Å². The molecule has 2 aromatic heterocycles. The first kappa shape index (κ1) is 14.6. The summed E-state index contributed by atoms with van der Waals surface area (Å²) < 4.78 is 5.20. The van der Waals surface area contributed by atoms with Gasteiger partial charge in [-0.15, -0.1) is 11.3 Å². The molecule has 0 spiro atoms. The Bertz CT molecular complexity index is 684. The van der Waals surface area contributed by atoms with Crippen molar-refractivity contribution in [3.63, 3.8) is 0 Å². The third kappa shape index (κ3) is 2.59. The topological polar surface area (TPSA) is 101 Å². The number of aryl methyl sites for hydroxylation is 1. The number of carbonyl (C=O) groups is 2. The van der Waals surface area contributed by atoms with Gasteiger partial charge in [-0.2, -0.15) is 4.98 Å². The van der Waals surface area contributed by atoms with E-state index in [0.29, 0.717) is 30.5 Å². The van der Waals surface area contributed by atoms with Crippen LogP contribution >= 0.6 is 11.3 Å². The zero-order valence-corrected chi connectivity index (χ0v) is 13.0. The Morgan fingerprint density at radius 1 is 1.45 bits per heavy atom. The lowest BCUT2D eigenvalue weighted by molar-refractivity contribution is -0.124. The molecule has 0 bridgehead atoms. The highest BCUT2D eigenvalue weighted by Crippen LogP contribution is 2.32. The molecule has 1 N–H and O–H groups in total. The summed E-state index contributed by atoms with van der Waals surface area (Å²) in [6.07, 6.45) is 0. The van der Waals surface area contributed by atoms with Gasteiger partial charge in [-0.3, -0.25) is 9.59 Å². The molecule has 3 rings (SSSR count). The molecule has 0 aromatic carbocycles. The molecular formula is C13H15N5O3S. The van der Waals surface area contributed by atoms with Crippen LogP contribution in [0.5, 0.6) is 0 Å². The van der Waals surface area contributed by atoms with E-state index in [0.717, 1.165) is 0 Å². The third-order valence-electron chi connectivity index (χ3n) is 3.70. The van der Waals surface area contributed by atoms with Crippen molar-refractivity contribution in [2.45, 2.75) is 12.8 Å². The monoisotopic (exact) mass is 321 g/mol. The van der Waals surface area contributed by atoms with E-state index in [2.05, 4.69) is 20.4 Å². The summed E-state index contributed by atoms with van der Waals surface area (Å²) in [5, 5.41) is 8.09. The maximum absolute atomic E-state index is 12.4. The Hall–Kier alpha value is -2.29. The first-order valence-corrected chi connectivity index (χ1v) is 7.73. The standard InChI is InChI=1S/C13H15N5O3S/c1-7-16-12(21-17-7)9-4-18(3-8(9)11(19)14-2)13(20)10-5-22-6-15-10/h5-6,8-9H,3-4H2,1-2H3,(H,14,19). The van der Waals surface area contributed by atoms with Crippen LogP contribution < -0.4 is 5.32 Å². The number of aromatic nitrogens is 3. The second-order valence-electron chi connectivity index (χ2n) is 5.09. The fourth-order valence-electron chi connectivity index (χ4n) is 2.61. The molecule has 8 nitrogen and oxygen atoms in total. The third-order valence-corrected chi connectivity index (χ3v) is 4.29. The Labute approximate surface area is 130 Å². The van der Waals surface area contributed by atoms with Gasteiger partial charge in [0, 0.05) is 25.5 Å². The number of rotatable bonds is 3. The lowest BCUT2D eigenvalue weighted by Gasteiger charge is -2.14. The minimum absolute atomic E-state index is 0.144. The molecule has 1 aliphatic rings. The first-order valence-electron chi connectivity index (χ1n) is 6.79. The minimum Gasteiger partial charge on any atom is -0.359 e. The zero-order chi connectivity index (χ0) is 15.7. The zero-order valence-electron chi connectivity index (χ0n) is 12.1. The highest BCUT2D eigenvalue weighted by molar-refractivity contribution is 7.07. The maximum Gasteiger partial charge on any atom is 0.273 e. The number of likely N-dealkylation sites (tertiary alicyclic amines) is 1. The molecule has 2 atom stereocenters. The molecule has 22 heavy (non-hydrogen) atoms. The SMILES string of the molecule is CNC(=O)C1CN(C(=O)c2cscn2)CC1c1nc(C)no1. The summed E-state index contributed by atoms with van der Waals surface area (Å²) in [5.41, 5.74) is 2.00. The van der Waals surface area contributed by atoms with E-state index in [1.807, 2.05) is 0 Å². The van der Waals surface area contributed by atoms with Crippen LogP contribution in [0.3, 0.4) is 0 Å². The smallest absolute Gasteiger partial charge is 0.273 e. The van der Waals surface area contributed by atoms with Gasteiger partial charge in [0.05, 0.1) is 17.3 Å². The van der Waals surface area contributed by atoms with E-state index in [9.17, 15) is 9.59 Å². The number of nitrogens with one attached hydrogen (secondary N) is 1. The molecular weight excluding hydrogens is 306 g/mol. The van der Waals surface area contributed by atoms with Gasteiger partial charge in [-0.25, -0.2) is 4.98 Å². The summed E-state index contributed by atoms with van der Waals surface area (Å²) in [7, 11) is 1.57. The molecule has 2 aromatic rings. The molecule has 0 radical (unpaired) electrons. The van der Waals surface area contributed by atoms with Crippen LogP contribution in [-0.2, 0) is 4.79 Å². The van der Waals surface area contributed by atoms with E-state index >= 15 is 0 Å². The van der Waals surface area contributed by atoms with Crippen molar-refractivity contribution in [3.8, 4) is 0 Å². The van der Waals surface area contributed by atoms with E-state index in [-0.39, 0.29) is 17.7 Å². The van der Waals surface area contributed by atoms with Gasteiger partial charge in [0.2, 0.25) is 11.8 Å². The molecule has 1 aliphatic heterocycles. The first-order chi connectivity index (χ1) is 10.6. The molecule has 1 saturated heterocycles. The van der Waals surface area contributed by atoms with Crippen molar-refractivity contribution >= 4 is 23.2 Å². The summed E-state index contributed by atoms with van der Waals surface area (Å²) in [6, 6.07) is 0. The largest absolute Gasteiger partial charge is 0.359 e. The molecule has 2 amide bonds. The fourth-order valence-corrected chi connectivity index (χ4v) is 3.14. The van der Waals surface area contributed by atoms with Crippen molar-refractivity contribution in [2.24, 2.45) is 5.92 Å². The van der Waals surface area contributed by atoms with E-state index in [4.69, 9.17) is 4.52 Å². The molecule has 0 aliphatic carbocycles. The average molecular weight is 321 g/mol. The van der Waals surface area contributed by atoms with Crippen LogP contribution in [-0.4, -0.2) is 52.0 Å². The summed E-state index contributed by atoms with van der Waals surface area (Å²) in [6.45, 7) is 2.38. The van der Waals surface area contributed by atoms with E-state index in [1.54, 1.807) is 29.8 Å². The maximum atomic E-state index is 12.4. The van der Waals surface area contributed by atoms with Gasteiger partial charge in [0.15, 0.2) is 5.82 Å². The molecule has 9 heteroatoms. The molecule has 0 saturated carbocycles. The van der Waals surface area contributed by atoms with E-state index in [1.165, 1.54) is 11.3 Å². The number of amides is 2. The number of thiazole rings is 1. The van der Waals surface area contributed by atoms with Crippen molar-refractivity contribution < 1.29 is 14.1 Å². The van der Waals surface area contributed by atoms with Crippen LogP contribution in [0.15, 0.2) is 15.4 Å². The van der Waals surface area contributed by atoms with Crippen molar-refractivity contribution in [1.29, 1.82) is 0 Å². The Morgan fingerprint density at radius 2 is 2.27 bits per heavy atom. The van der Waals surface area contributed by atoms with Gasteiger partial charge in [-0.05, 0) is 6.92 Å². The number of hydrogen-bond donors (Lipinski definition) is 1. The normalized spacial score (nSPS) is 21.1. The quantitative estimate of drug-likeness (QED) is 0.880. The number of nitrogens with zero attached hydrogens (tertiary/aromatic N) is 4. The second kappa shape index (κ2) is 5.84. The number of carbonyl (C=O) groups excluding carboxylic acids is 2. The number of hydrogen-bond acceptors (Lipinski definition) is 7. The Kier molecular flexibility index (Phi) is 3.88. The highest BCUT2D eigenvalue weighted by Gasteiger charge is 2.43. The molecule has 3 heterocycles. The second-order valence-corrected chi connectivity index (χ2v) is 5.81. The summed E-state index contributed by atoms with van der Waals surface area (Å²) in [5.74, 6) is -0.144. The van der Waals surface area contributed by atoms with Gasteiger partial charge in [0.25, 0.3) is 5.91 Å². The van der Waals surface area contributed by atoms with Crippen LogP contribution in [0.1, 0.15) is 28.1 Å². The van der Waals surface area contributed by atoms with Crippen LogP contribution in [0, 0.1) is 12.8 Å². The van der Waals surface area contributed by atoms with Crippen molar-refractivity contribution in [2.75, 3.05) is 20.1 Å². The summed E-state index contributed by atoms with van der Waals surface area (Å²) in [4.78, 5) is 34.4. The average Bonchev–Trinajstić information content (AvgIpc) is 3.25. The van der Waals surface area contributed by atoms with Crippen molar-refractivity contribution in [1.82, 2.24) is 25.3 Å². The predicted molar refractivity (Wildman–Crippen MR) is 77.4 cm³/mol. The van der Waals surface area contributed by atoms with Crippen LogP contribution in [0.2, 0.25) is 0 Å². The summed E-state index contributed by atoms with van der Waals surface area (Å²) >= 11 is 1.36. The van der Waals surface area contributed by atoms with Crippen molar-refractivity contribution in [3.05, 3.63) is 28.3 Å². The molecule has 2 unspecified atom stereocenters. The van der Waals surface area contributed by atoms with Gasteiger partial charge < -0.3 is 14.7 Å². The molecule has 116 valence electrons. The lowest BCUT2D eigenvalue weighted by Crippen LogP contribution is -2.33. The van der Waals surface area contributed by atoms with Gasteiger partial charge in [-0.1, -0.05) is 5.16 Å². The predicted octanol–water partition coefficient (Wildman–Crippen LogP) is 0.436. The van der Waals surface area contributed by atoms with Gasteiger partial charge in [0.1, 0.15) is 5.69 Å². The fraction of sp³-hybridized carbons (Fsp3) is 0.462.